The van der Waals surface area contributed by atoms with Crippen molar-refractivity contribution in [2.75, 3.05) is 0 Å². The molecule has 0 aliphatic carbocycles. The Morgan fingerprint density at radius 1 is 1.21 bits per heavy atom. The Bertz CT molecular complexity index is 473. The molecule has 0 spiro atoms. The molecule has 0 fully saturated rings. The quantitative estimate of drug-likeness (QED) is 0.567. The topological polar surface area (TPSA) is 0 Å². The van der Waals surface area contributed by atoms with Gasteiger partial charge in [-0.05, 0) is 55.9 Å². The van der Waals surface area contributed by atoms with Crippen molar-refractivity contribution in [2.45, 2.75) is 33.6 Å². The van der Waals surface area contributed by atoms with Crippen LogP contribution in [0.2, 0.25) is 0 Å². The van der Waals surface area contributed by atoms with Gasteiger partial charge in [0.2, 0.25) is 0 Å². The van der Waals surface area contributed by atoms with Crippen molar-refractivity contribution < 1.29 is 4.39 Å². The van der Waals surface area contributed by atoms with Gasteiger partial charge in [0.05, 0.1) is 0 Å². The van der Waals surface area contributed by atoms with E-state index in [4.69, 9.17) is 0 Å². The Kier molecular flexibility index (Phi) is 5.75. The molecule has 0 saturated carbocycles. The molecule has 0 aliphatic heterocycles. The van der Waals surface area contributed by atoms with Gasteiger partial charge < -0.3 is 0 Å². The van der Waals surface area contributed by atoms with E-state index >= 15 is 0 Å². The maximum atomic E-state index is 12.9. The highest BCUT2D eigenvalue weighted by Gasteiger charge is 2.09. The van der Waals surface area contributed by atoms with Crippen LogP contribution in [0.5, 0.6) is 0 Å². The summed E-state index contributed by atoms with van der Waals surface area (Å²) in [5, 5.41) is 0. The second kappa shape index (κ2) is 7.08. The monoisotopic (exact) mass is 258 g/mol. The van der Waals surface area contributed by atoms with E-state index in [-0.39, 0.29) is 5.82 Å². The normalized spacial score (nSPS) is 11.8. The molecule has 1 aromatic rings. The third-order valence-corrected chi connectivity index (χ3v) is 3.20. The first kappa shape index (κ1) is 15.4. The molecular weight excluding hydrogens is 235 g/mol. The molecule has 0 nitrogen and oxygen atoms in total. The lowest BCUT2D eigenvalue weighted by Crippen LogP contribution is -1.98. The van der Waals surface area contributed by atoms with E-state index in [0.717, 1.165) is 29.6 Å². The molecular formula is C18H23F. The lowest BCUT2D eigenvalue weighted by Gasteiger charge is -2.15. The highest BCUT2D eigenvalue weighted by molar-refractivity contribution is 5.64. The van der Waals surface area contributed by atoms with E-state index in [9.17, 15) is 4.39 Å². The summed E-state index contributed by atoms with van der Waals surface area (Å²) in [5.41, 5.74) is 4.50. The average molecular weight is 258 g/mol. The predicted octanol–water partition coefficient (Wildman–Crippen LogP) is 5.78. The first-order chi connectivity index (χ1) is 8.90. The minimum atomic E-state index is -0.207. The van der Waals surface area contributed by atoms with Crippen molar-refractivity contribution in [3.63, 3.8) is 0 Å². The van der Waals surface area contributed by atoms with Gasteiger partial charge in [0.1, 0.15) is 5.82 Å². The van der Waals surface area contributed by atoms with Crippen LogP contribution in [0.4, 0.5) is 4.39 Å². The molecule has 1 atom stereocenters. The summed E-state index contributed by atoms with van der Waals surface area (Å²) < 4.78 is 12.9. The Hall–Kier alpha value is -1.63. The van der Waals surface area contributed by atoms with Crippen molar-refractivity contribution in [2.24, 2.45) is 5.92 Å². The van der Waals surface area contributed by atoms with Crippen molar-refractivity contribution in [3.8, 4) is 0 Å². The largest absolute Gasteiger partial charge is 0.207 e. The van der Waals surface area contributed by atoms with Crippen molar-refractivity contribution in [1.29, 1.82) is 0 Å². The first-order valence-corrected chi connectivity index (χ1v) is 6.67. The summed E-state index contributed by atoms with van der Waals surface area (Å²) >= 11 is 0. The van der Waals surface area contributed by atoms with Crippen LogP contribution in [0.15, 0.2) is 54.6 Å². The summed E-state index contributed by atoms with van der Waals surface area (Å²) in [5.74, 6) is 0.161. The summed E-state index contributed by atoms with van der Waals surface area (Å²) in [4.78, 5) is 0. The highest BCUT2D eigenvalue weighted by atomic mass is 19.1. The van der Waals surface area contributed by atoms with Crippen molar-refractivity contribution in [3.05, 3.63) is 66.0 Å². The van der Waals surface area contributed by atoms with E-state index in [1.54, 1.807) is 12.1 Å². The summed E-state index contributed by atoms with van der Waals surface area (Å²) in [6.45, 7) is 14.5. The standard InChI is InChI=1S/C18H23F/c1-13(2)12-14(3)6-7-15(4)16(5)17-8-10-18(19)11-9-17/h8-12,15H,3,5-7H2,1-2,4H3. The lowest BCUT2D eigenvalue weighted by atomic mass is 9.90. The predicted molar refractivity (Wildman–Crippen MR) is 82.4 cm³/mol. The van der Waals surface area contributed by atoms with Gasteiger partial charge in [-0.3, -0.25) is 0 Å². The van der Waals surface area contributed by atoms with Crippen molar-refractivity contribution in [1.82, 2.24) is 0 Å². The number of allylic oxidation sites excluding steroid dienone is 4. The summed E-state index contributed by atoms with van der Waals surface area (Å²) in [6.07, 6.45) is 4.10. The van der Waals surface area contributed by atoms with Crippen LogP contribution in [0.1, 0.15) is 39.2 Å². The zero-order valence-corrected chi connectivity index (χ0v) is 12.2. The number of halogens is 1. The van der Waals surface area contributed by atoms with E-state index in [0.29, 0.717) is 5.92 Å². The molecule has 1 heteroatoms. The molecule has 102 valence electrons. The molecule has 1 rings (SSSR count). The van der Waals surface area contributed by atoms with Crippen molar-refractivity contribution >= 4 is 5.57 Å². The fourth-order valence-corrected chi connectivity index (χ4v) is 2.01. The molecule has 0 radical (unpaired) electrons. The zero-order valence-electron chi connectivity index (χ0n) is 12.2. The van der Waals surface area contributed by atoms with Crippen LogP contribution >= 0.6 is 0 Å². The van der Waals surface area contributed by atoms with Gasteiger partial charge in [0.25, 0.3) is 0 Å². The molecule has 0 N–H and O–H groups in total. The minimum absolute atomic E-state index is 0.207. The van der Waals surface area contributed by atoms with E-state index in [1.807, 2.05) is 0 Å². The van der Waals surface area contributed by atoms with Gasteiger partial charge in [0.15, 0.2) is 0 Å². The SMILES string of the molecule is C=C(C=C(C)C)CCC(C)C(=C)c1ccc(F)cc1. The fraction of sp³-hybridized carbons (Fsp3) is 0.333. The molecule has 0 bridgehead atoms. The van der Waals surface area contributed by atoms with Gasteiger partial charge in [-0.15, -0.1) is 0 Å². The van der Waals surface area contributed by atoms with Crippen LogP contribution in [-0.4, -0.2) is 0 Å². The third kappa shape index (κ3) is 5.25. The molecule has 19 heavy (non-hydrogen) atoms. The maximum absolute atomic E-state index is 12.9. The molecule has 0 amide bonds. The van der Waals surface area contributed by atoms with E-state index in [2.05, 4.69) is 40.0 Å². The Labute approximate surface area is 116 Å². The molecule has 0 aliphatic rings. The smallest absolute Gasteiger partial charge is 0.123 e. The second-order valence-corrected chi connectivity index (χ2v) is 5.35. The third-order valence-electron chi connectivity index (χ3n) is 3.20. The van der Waals surface area contributed by atoms with Gasteiger partial charge >= 0.3 is 0 Å². The number of hydrogen-bond acceptors (Lipinski definition) is 0. The summed E-state index contributed by atoms with van der Waals surface area (Å²) in [7, 11) is 0. The van der Waals surface area contributed by atoms with Crippen LogP contribution < -0.4 is 0 Å². The summed E-state index contributed by atoms with van der Waals surface area (Å²) in [6, 6.07) is 6.54. The van der Waals surface area contributed by atoms with Crippen LogP contribution in [-0.2, 0) is 0 Å². The van der Waals surface area contributed by atoms with Crippen LogP contribution in [0.25, 0.3) is 5.57 Å². The molecule has 1 aromatic carbocycles. The van der Waals surface area contributed by atoms with Gasteiger partial charge in [-0.1, -0.05) is 49.4 Å². The fourth-order valence-electron chi connectivity index (χ4n) is 2.01. The Balaban J connectivity index is 2.56. The van der Waals surface area contributed by atoms with E-state index in [1.165, 1.54) is 17.7 Å². The van der Waals surface area contributed by atoms with Crippen LogP contribution in [0.3, 0.4) is 0 Å². The molecule has 0 aromatic heterocycles. The van der Waals surface area contributed by atoms with Gasteiger partial charge in [-0.2, -0.15) is 0 Å². The number of hydrogen-bond donors (Lipinski definition) is 0. The van der Waals surface area contributed by atoms with Gasteiger partial charge in [-0.25, -0.2) is 4.39 Å². The minimum Gasteiger partial charge on any atom is -0.207 e. The molecule has 0 heterocycles. The average Bonchev–Trinajstić information content (AvgIpc) is 2.35. The Morgan fingerprint density at radius 3 is 2.32 bits per heavy atom. The number of rotatable bonds is 6. The van der Waals surface area contributed by atoms with E-state index < -0.39 is 0 Å². The number of benzene rings is 1. The maximum Gasteiger partial charge on any atom is 0.123 e. The highest BCUT2D eigenvalue weighted by Crippen LogP contribution is 2.26. The zero-order chi connectivity index (χ0) is 14.4. The first-order valence-electron chi connectivity index (χ1n) is 6.67. The molecule has 0 saturated heterocycles. The lowest BCUT2D eigenvalue weighted by molar-refractivity contribution is 0.627. The second-order valence-electron chi connectivity index (χ2n) is 5.35. The van der Waals surface area contributed by atoms with Crippen LogP contribution in [0, 0.1) is 11.7 Å². The van der Waals surface area contributed by atoms with Gasteiger partial charge in [0, 0.05) is 0 Å². The Morgan fingerprint density at radius 2 is 1.79 bits per heavy atom. The molecule has 1 unspecified atom stereocenters.